The maximum atomic E-state index is 12.7. The second kappa shape index (κ2) is 7.11. The summed E-state index contributed by atoms with van der Waals surface area (Å²) in [5.74, 6) is 2.78. The topological polar surface area (TPSA) is 46.5 Å². The number of carbonyl (C=O) groups is 1. The number of fused-ring (bicyclic) bond motifs is 5. The zero-order chi connectivity index (χ0) is 20.2. The van der Waals surface area contributed by atoms with Crippen molar-refractivity contribution in [2.75, 3.05) is 0 Å². The molecule has 0 radical (unpaired) electrons. The summed E-state index contributed by atoms with van der Waals surface area (Å²) < 4.78 is 6.12. The molecule has 0 heterocycles. The van der Waals surface area contributed by atoms with E-state index in [-0.39, 0.29) is 23.6 Å². The Morgan fingerprint density at radius 2 is 1.66 bits per heavy atom. The lowest BCUT2D eigenvalue weighted by Crippen LogP contribution is -2.54. The van der Waals surface area contributed by atoms with Gasteiger partial charge in [0.2, 0.25) is 0 Å². The number of esters is 1. The second-order valence-electron chi connectivity index (χ2n) is 11.0. The molecule has 0 bridgehead atoms. The first kappa shape index (κ1) is 19.6. The maximum absolute atomic E-state index is 12.7. The molecule has 5 rings (SSSR count). The van der Waals surface area contributed by atoms with Gasteiger partial charge in [-0.15, -0.1) is 0 Å². The first-order valence-electron chi connectivity index (χ1n) is 11.9. The van der Waals surface area contributed by atoms with Crippen molar-refractivity contribution in [3.63, 3.8) is 0 Å². The molecular formula is C26H36O3. The van der Waals surface area contributed by atoms with E-state index in [1.54, 1.807) is 0 Å². The first-order valence-corrected chi connectivity index (χ1v) is 11.9. The van der Waals surface area contributed by atoms with Crippen molar-refractivity contribution >= 4 is 5.97 Å². The molecule has 1 aromatic rings. The van der Waals surface area contributed by atoms with Crippen molar-refractivity contribution in [3.8, 4) is 0 Å². The molecule has 4 aliphatic carbocycles. The van der Waals surface area contributed by atoms with Gasteiger partial charge >= 0.3 is 5.97 Å². The SMILES string of the molecule is C[C@]12CC[C@H](O)C[C@@H]1CC[C@H]1[C@H]2CC[C@]2(C)[C@@H](OC(=O)c3ccccc3)CC[C@H]12. The van der Waals surface area contributed by atoms with Gasteiger partial charge < -0.3 is 9.84 Å². The molecule has 158 valence electrons. The van der Waals surface area contributed by atoms with Gasteiger partial charge in [0.25, 0.3) is 0 Å². The molecule has 4 saturated carbocycles. The van der Waals surface area contributed by atoms with E-state index >= 15 is 0 Å². The molecule has 3 heteroatoms. The zero-order valence-corrected chi connectivity index (χ0v) is 18.0. The van der Waals surface area contributed by atoms with Crippen molar-refractivity contribution in [2.24, 2.45) is 34.5 Å². The fraction of sp³-hybridized carbons (Fsp3) is 0.731. The van der Waals surface area contributed by atoms with Crippen LogP contribution in [0.4, 0.5) is 0 Å². The van der Waals surface area contributed by atoms with E-state index in [0.717, 1.165) is 31.1 Å². The minimum Gasteiger partial charge on any atom is -0.458 e. The Balaban J connectivity index is 1.34. The zero-order valence-electron chi connectivity index (χ0n) is 18.0. The van der Waals surface area contributed by atoms with Crippen LogP contribution in [0.15, 0.2) is 30.3 Å². The Hall–Kier alpha value is -1.35. The standard InChI is InChI=1S/C26H36O3/c1-25-14-12-19(27)16-18(25)8-9-20-21-10-11-23(26(21,2)15-13-22(20)25)29-24(28)17-6-4-3-5-7-17/h3-7,18-23,27H,8-16H2,1-2H3/t18-,19-,20+,21+,22+,23-,25-,26-/m0/s1. The molecule has 3 nitrogen and oxygen atoms in total. The van der Waals surface area contributed by atoms with Gasteiger partial charge in [-0.3, -0.25) is 0 Å². The molecule has 4 aliphatic rings. The van der Waals surface area contributed by atoms with Gasteiger partial charge in [0, 0.05) is 5.41 Å². The van der Waals surface area contributed by atoms with E-state index in [0.29, 0.717) is 22.8 Å². The smallest absolute Gasteiger partial charge is 0.338 e. The lowest BCUT2D eigenvalue weighted by atomic mass is 9.45. The average Bonchev–Trinajstić information content (AvgIpc) is 3.05. The number of aliphatic hydroxyl groups is 1. The summed E-state index contributed by atoms with van der Waals surface area (Å²) in [5.41, 5.74) is 1.20. The molecule has 0 saturated heterocycles. The Kier molecular flexibility index (Phi) is 4.81. The molecular weight excluding hydrogens is 360 g/mol. The van der Waals surface area contributed by atoms with Crippen LogP contribution in [0.3, 0.4) is 0 Å². The maximum Gasteiger partial charge on any atom is 0.338 e. The Labute approximate surface area is 175 Å². The molecule has 1 aromatic carbocycles. The van der Waals surface area contributed by atoms with Crippen molar-refractivity contribution in [1.82, 2.24) is 0 Å². The highest BCUT2D eigenvalue weighted by Crippen LogP contribution is 2.66. The molecule has 0 spiro atoms. The van der Waals surface area contributed by atoms with Gasteiger partial charge in [-0.25, -0.2) is 4.79 Å². The summed E-state index contributed by atoms with van der Waals surface area (Å²) >= 11 is 0. The molecule has 0 unspecified atom stereocenters. The summed E-state index contributed by atoms with van der Waals surface area (Å²) in [6, 6.07) is 9.45. The average molecular weight is 397 g/mol. The highest BCUT2D eigenvalue weighted by atomic mass is 16.5. The second-order valence-corrected chi connectivity index (χ2v) is 11.0. The van der Waals surface area contributed by atoms with Crippen LogP contribution in [0, 0.1) is 34.5 Å². The summed E-state index contributed by atoms with van der Waals surface area (Å²) in [6.45, 7) is 4.94. The summed E-state index contributed by atoms with van der Waals surface area (Å²) in [7, 11) is 0. The summed E-state index contributed by atoms with van der Waals surface area (Å²) in [5, 5.41) is 10.2. The molecule has 0 aromatic heterocycles. The third-order valence-electron chi connectivity index (χ3n) is 9.81. The lowest BCUT2D eigenvalue weighted by molar-refractivity contribution is -0.134. The molecule has 29 heavy (non-hydrogen) atoms. The first-order chi connectivity index (χ1) is 13.9. The normalized spacial score (nSPS) is 46.3. The molecule has 1 N–H and O–H groups in total. The van der Waals surface area contributed by atoms with Gasteiger partial charge in [0.15, 0.2) is 0 Å². The van der Waals surface area contributed by atoms with Crippen LogP contribution in [-0.2, 0) is 4.74 Å². The van der Waals surface area contributed by atoms with Gasteiger partial charge in [0.1, 0.15) is 6.10 Å². The monoisotopic (exact) mass is 396 g/mol. The highest BCUT2D eigenvalue weighted by molar-refractivity contribution is 5.89. The molecule has 0 amide bonds. The highest BCUT2D eigenvalue weighted by Gasteiger charge is 2.61. The predicted octanol–water partition coefficient (Wildman–Crippen LogP) is 5.62. The number of hydrogen-bond donors (Lipinski definition) is 1. The predicted molar refractivity (Wildman–Crippen MR) is 113 cm³/mol. The molecule has 4 fully saturated rings. The van der Waals surface area contributed by atoms with Crippen molar-refractivity contribution in [3.05, 3.63) is 35.9 Å². The third kappa shape index (κ3) is 3.07. The summed E-state index contributed by atoms with van der Waals surface area (Å²) in [4.78, 5) is 12.7. The number of carbonyl (C=O) groups excluding carboxylic acids is 1. The van der Waals surface area contributed by atoms with E-state index in [1.807, 2.05) is 30.3 Å². The lowest BCUT2D eigenvalue weighted by Gasteiger charge is -2.60. The Bertz CT molecular complexity index is 760. The fourth-order valence-electron chi connectivity index (χ4n) is 8.15. The van der Waals surface area contributed by atoms with E-state index in [9.17, 15) is 9.90 Å². The number of aliphatic hydroxyl groups excluding tert-OH is 1. The van der Waals surface area contributed by atoms with E-state index in [1.165, 1.54) is 38.5 Å². The van der Waals surface area contributed by atoms with Crippen molar-refractivity contribution in [2.45, 2.75) is 83.8 Å². The minimum atomic E-state index is -0.156. The van der Waals surface area contributed by atoms with Crippen LogP contribution in [0.1, 0.15) is 82.0 Å². The van der Waals surface area contributed by atoms with Gasteiger partial charge in [-0.1, -0.05) is 32.0 Å². The molecule has 0 aliphatic heterocycles. The van der Waals surface area contributed by atoms with Crippen LogP contribution in [0.2, 0.25) is 0 Å². The van der Waals surface area contributed by atoms with Crippen LogP contribution >= 0.6 is 0 Å². The van der Waals surface area contributed by atoms with E-state index in [4.69, 9.17) is 4.74 Å². The van der Waals surface area contributed by atoms with E-state index < -0.39 is 0 Å². The van der Waals surface area contributed by atoms with Gasteiger partial charge in [-0.2, -0.15) is 0 Å². The Morgan fingerprint density at radius 3 is 2.45 bits per heavy atom. The quantitative estimate of drug-likeness (QED) is 0.660. The van der Waals surface area contributed by atoms with Gasteiger partial charge in [-0.05, 0) is 99.0 Å². The van der Waals surface area contributed by atoms with Gasteiger partial charge in [0.05, 0.1) is 11.7 Å². The van der Waals surface area contributed by atoms with E-state index in [2.05, 4.69) is 13.8 Å². The number of benzene rings is 1. The van der Waals surface area contributed by atoms with Crippen LogP contribution in [-0.4, -0.2) is 23.3 Å². The third-order valence-corrected chi connectivity index (χ3v) is 9.81. The molecule has 8 atom stereocenters. The number of hydrogen-bond acceptors (Lipinski definition) is 3. The summed E-state index contributed by atoms with van der Waals surface area (Å²) in [6.07, 6.45) is 10.4. The van der Waals surface area contributed by atoms with Crippen molar-refractivity contribution < 1.29 is 14.6 Å². The van der Waals surface area contributed by atoms with Crippen LogP contribution < -0.4 is 0 Å². The Morgan fingerprint density at radius 1 is 0.931 bits per heavy atom. The fourth-order valence-corrected chi connectivity index (χ4v) is 8.15. The largest absolute Gasteiger partial charge is 0.458 e. The number of ether oxygens (including phenoxy) is 1. The van der Waals surface area contributed by atoms with Crippen molar-refractivity contribution in [1.29, 1.82) is 0 Å². The van der Waals surface area contributed by atoms with Crippen LogP contribution in [0.5, 0.6) is 0 Å². The minimum absolute atomic E-state index is 0.0554. The number of rotatable bonds is 2. The van der Waals surface area contributed by atoms with Crippen LogP contribution in [0.25, 0.3) is 0 Å².